The van der Waals surface area contributed by atoms with E-state index in [0.29, 0.717) is 24.3 Å². The van der Waals surface area contributed by atoms with Crippen LogP contribution in [-0.2, 0) is 13.1 Å². The minimum Gasteiger partial charge on any atom is -0.478 e. The summed E-state index contributed by atoms with van der Waals surface area (Å²) >= 11 is 7.42. The van der Waals surface area contributed by atoms with E-state index in [9.17, 15) is 9.90 Å². The standard InChI is InChI=1S/C14H15ClN2O2S/c1-17(8-10-5-6-12(15)20-10)7-9-3-2-4-11(16)13(9)14(18)19/h2-6H,7-8,16H2,1H3,(H,18,19). The Balaban J connectivity index is 2.13. The number of carbonyl (C=O) groups is 1. The van der Waals surface area contributed by atoms with Crippen LogP contribution in [0.4, 0.5) is 5.69 Å². The Hall–Kier alpha value is -1.56. The van der Waals surface area contributed by atoms with E-state index in [1.807, 2.05) is 24.1 Å². The lowest BCUT2D eigenvalue weighted by Crippen LogP contribution is -2.19. The lowest BCUT2D eigenvalue weighted by atomic mass is 10.1. The zero-order chi connectivity index (χ0) is 14.7. The number of benzene rings is 1. The second kappa shape index (κ2) is 6.26. The smallest absolute Gasteiger partial charge is 0.338 e. The summed E-state index contributed by atoms with van der Waals surface area (Å²) in [5.74, 6) is -0.995. The number of thiophene rings is 1. The molecule has 1 heterocycles. The van der Waals surface area contributed by atoms with Crippen LogP contribution in [0.3, 0.4) is 0 Å². The van der Waals surface area contributed by atoms with E-state index < -0.39 is 5.97 Å². The average molecular weight is 311 g/mol. The van der Waals surface area contributed by atoms with Gasteiger partial charge in [-0.2, -0.15) is 0 Å². The van der Waals surface area contributed by atoms with E-state index >= 15 is 0 Å². The van der Waals surface area contributed by atoms with Crippen LogP contribution in [-0.4, -0.2) is 23.0 Å². The molecule has 20 heavy (non-hydrogen) atoms. The van der Waals surface area contributed by atoms with Gasteiger partial charge in [-0.15, -0.1) is 11.3 Å². The number of aromatic carboxylic acids is 1. The third kappa shape index (κ3) is 3.50. The Morgan fingerprint density at radius 2 is 2.10 bits per heavy atom. The summed E-state index contributed by atoms with van der Waals surface area (Å²) in [6, 6.07) is 9.00. The van der Waals surface area contributed by atoms with E-state index in [4.69, 9.17) is 17.3 Å². The van der Waals surface area contributed by atoms with Crippen LogP contribution in [0.1, 0.15) is 20.8 Å². The molecule has 0 bridgehead atoms. The minimum atomic E-state index is -0.995. The van der Waals surface area contributed by atoms with Gasteiger partial charge in [0.25, 0.3) is 0 Å². The van der Waals surface area contributed by atoms with Gasteiger partial charge in [0.15, 0.2) is 0 Å². The van der Waals surface area contributed by atoms with Gasteiger partial charge in [0, 0.05) is 23.7 Å². The fourth-order valence-electron chi connectivity index (χ4n) is 2.06. The fraction of sp³-hybridized carbons (Fsp3) is 0.214. The molecule has 0 saturated carbocycles. The SMILES string of the molecule is CN(Cc1ccc(Cl)s1)Cc1cccc(N)c1C(=O)O. The van der Waals surface area contributed by atoms with Crippen molar-refractivity contribution in [3.8, 4) is 0 Å². The molecule has 2 aromatic rings. The van der Waals surface area contributed by atoms with Crippen molar-refractivity contribution in [2.45, 2.75) is 13.1 Å². The number of anilines is 1. The Kier molecular flexibility index (Phi) is 4.65. The molecule has 0 unspecified atom stereocenters. The number of nitrogen functional groups attached to an aromatic ring is 1. The Bertz CT molecular complexity index is 627. The monoisotopic (exact) mass is 310 g/mol. The van der Waals surface area contributed by atoms with Crippen molar-refractivity contribution in [2.75, 3.05) is 12.8 Å². The van der Waals surface area contributed by atoms with Gasteiger partial charge in [-0.1, -0.05) is 23.7 Å². The quantitative estimate of drug-likeness (QED) is 0.831. The van der Waals surface area contributed by atoms with Crippen LogP contribution in [0, 0.1) is 0 Å². The molecular weight excluding hydrogens is 296 g/mol. The Morgan fingerprint density at radius 1 is 1.35 bits per heavy atom. The summed E-state index contributed by atoms with van der Waals surface area (Å²) < 4.78 is 0.753. The largest absolute Gasteiger partial charge is 0.478 e. The van der Waals surface area contributed by atoms with Crippen molar-refractivity contribution in [1.29, 1.82) is 0 Å². The number of rotatable bonds is 5. The maximum Gasteiger partial charge on any atom is 0.338 e. The highest BCUT2D eigenvalue weighted by Gasteiger charge is 2.15. The molecule has 0 amide bonds. The molecule has 0 radical (unpaired) electrons. The maximum atomic E-state index is 11.3. The van der Waals surface area contributed by atoms with E-state index in [1.165, 1.54) is 11.3 Å². The second-order valence-corrected chi connectivity index (χ2v) is 6.36. The molecule has 0 aliphatic rings. The summed E-state index contributed by atoms with van der Waals surface area (Å²) in [6.45, 7) is 1.23. The molecule has 6 heteroatoms. The molecule has 0 saturated heterocycles. The zero-order valence-corrected chi connectivity index (χ0v) is 12.5. The second-order valence-electron chi connectivity index (χ2n) is 4.56. The first kappa shape index (κ1) is 14.8. The Morgan fingerprint density at radius 3 is 2.70 bits per heavy atom. The highest BCUT2D eigenvalue weighted by molar-refractivity contribution is 7.16. The molecule has 0 aliphatic heterocycles. The number of carboxylic acid groups (broad SMARTS) is 1. The van der Waals surface area contributed by atoms with E-state index in [0.717, 1.165) is 9.21 Å². The first-order valence-corrected chi connectivity index (χ1v) is 7.20. The van der Waals surface area contributed by atoms with E-state index in [-0.39, 0.29) is 5.56 Å². The normalized spacial score (nSPS) is 10.9. The third-order valence-electron chi connectivity index (χ3n) is 2.89. The highest BCUT2D eigenvalue weighted by atomic mass is 35.5. The number of carboxylic acids is 1. The van der Waals surface area contributed by atoms with Gasteiger partial charge in [-0.3, -0.25) is 4.90 Å². The van der Waals surface area contributed by atoms with Crippen LogP contribution in [0.2, 0.25) is 4.34 Å². The minimum absolute atomic E-state index is 0.184. The topological polar surface area (TPSA) is 66.6 Å². The summed E-state index contributed by atoms with van der Waals surface area (Å²) in [5.41, 5.74) is 6.93. The number of halogens is 1. The van der Waals surface area contributed by atoms with Crippen LogP contribution in [0.5, 0.6) is 0 Å². The molecule has 1 aromatic carbocycles. The molecule has 0 fully saturated rings. The predicted octanol–water partition coefficient (Wildman–Crippen LogP) is 3.31. The van der Waals surface area contributed by atoms with Gasteiger partial charge in [0.1, 0.15) is 0 Å². The lowest BCUT2D eigenvalue weighted by molar-refractivity contribution is 0.0696. The van der Waals surface area contributed by atoms with E-state index in [1.54, 1.807) is 18.2 Å². The molecule has 3 N–H and O–H groups in total. The molecule has 0 aliphatic carbocycles. The van der Waals surface area contributed by atoms with Crippen LogP contribution in [0.25, 0.3) is 0 Å². The van der Waals surface area contributed by atoms with Gasteiger partial charge in [0.05, 0.1) is 9.90 Å². The highest BCUT2D eigenvalue weighted by Crippen LogP contribution is 2.24. The summed E-state index contributed by atoms with van der Waals surface area (Å²) in [6.07, 6.45) is 0. The van der Waals surface area contributed by atoms with Gasteiger partial charge in [0.2, 0.25) is 0 Å². The summed E-state index contributed by atoms with van der Waals surface area (Å²) in [5, 5.41) is 9.24. The number of nitrogens with two attached hydrogens (primary N) is 1. The van der Waals surface area contributed by atoms with E-state index in [2.05, 4.69) is 0 Å². The van der Waals surface area contributed by atoms with Crippen molar-refractivity contribution < 1.29 is 9.90 Å². The molecule has 4 nitrogen and oxygen atoms in total. The van der Waals surface area contributed by atoms with Gasteiger partial charge < -0.3 is 10.8 Å². The Labute approximate surface area is 126 Å². The third-order valence-corrected chi connectivity index (χ3v) is 4.11. The van der Waals surface area contributed by atoms with Crippen LogP contribution < -0.4 is 5.73 Å². The number of nitrogens with zero attached hydrogens (tertiary/aromatic N) is 1. The van der Waals surface area contributed by atoms with Crippen molar-refractivity contribution in [3.05, 3.63) is 50.7 Å². The lowest BCUT2D eigenvalue weighted by Gasteiger charge is -2.17. The summed E-state index contributed by atoms with van der Waals surface area (Å²) in [7, 11) is 1.93. The van der Waals surface area contributed by atoms with Crippen molar-refractivity contribution in [1.82, 2.24) is 4.90 Å². The van der Waals surface area contributed by atoms with Crippen molar-refractivity contribution in [2.24, 2.45) is 0 Å². The first-order valence-electron chi connectivity index (χ1n) is 6.01. The van der Waals surface area contributed by atoms with Gasteiger partial charge in [-0.05, 0) is 30.8 Å². The van der Waals surface area contributed by atoms with Gasteiger partial charge >= 0.3 is 5.97 Å². The van der Waals surface area contributed by atoms with Crippen molar-refractivity contribution >= 4 is 34.6 Å². The molecule has 2 rings (SSSR count). The fourth-order valence-corrected chi connectivity index (χ4v) is 3.23. The average Bonchev–Trinajstić information content (AvgIpc) is 2.74. The number of hydrogen-bond acceptors (Lipinski definition) is 4. The van der Waals surface area contributed by atoms with Gasteiger partial charge in [-0.25, -0.2) is 4.79 Å². The molecule has 0 spiro atoms. The van der Waals surface area contributed by atoms with Crippen LogP contribution >= 0.6 is 22.9 Å². The van der Waals surface area contributed by atoms with Crippen LogP contribution in [0.15, 0.2) is 30.3 Å². The maximum absolute atomic E-state index is 11.3. The molecule has 0 atom stereocenters. The van der Waals surface area contributed by atoms with Crippen molar-refractivity contribution in [3.63, 3.8) is 0 Å². The number of hydrogen-bond donors (Lipinski definition) is 2. The summed E-state index contributed by atoms with van der Waals surface area (Å²) in [4.78, 5) is 14.4. The molecular formula is C14H15ClN2O2S. The molecule has 106 valence electrons. The molecule has 1 aromatic heterocycles. The first-order chi connectivity index (χ1) is 9.47. The predicted molar refractivity (Wildman–Crippen MR) is 82.3 cm³/mol. The zero-order valence-electron chi connectivity index (χ0n) is 11.0.